The van der Waals surface area contributed by atoms with Crippen LogP contribution in [0.3, 0.4) is 0 Å². The minimum absolute atomic E-state index is 0.0372. The summed E-state index contributed by atoms with van der Waals surface area (Å²) in [4.78, 5) is 11.2. The van der Waals surface area contributed by atoms with Gasteiger partial charge in [-0.25, -0.2) is 17.9 Å². The molecular weight excluding hydrogens is 340 g/mol. The molecule has 0 amide bonds. The van der Waals surface area contributed by atoms with Crippen molar-refractivity contribution in [2.24, 2.45) is 0 Å². The molecule has 0 unspecified atom stereocenters. The Morgan fingerprint density at radius 1 is 1.12 bits per heavy atom. The number of phenols is 2. The molecule has 5 N–H and O–H groups in total. The summed E-state index contributed by atoms with van der Waals surface area (Å²) in [5.74, 6) is -2.15. The molecule has 0 saturated carbocycles. The van der Waals surface area contributed by atoms with E-state index in [1.54, 1.807) is 0 Å². The lowest BCUT2D eigenvalue weighted by atomic mass is 10.1. The quantitative estimate of drug-likeness (QED) is 0.353. The van der Waals surface area contributed by atoms with Gasteiger partial charge in [-0.05, 0) is 13.1 Å². The van der Waals surface area contributed by atoms with Crippen molar-refractivity contribution in [2.75, 3.05) is 12.4 Å². The third-order valence-electron chi connectivity index (χ3n) is 3.44. The Morgan fingerprint density at radius 2 is 1.79 bits per heavy atom. The van der Waals surface area contributed by atoms with Gasteiger partial charge in [0.25, 0.3) is 0 Å². The molecule has 2 aromatic carbocycles. The molecule has 3 rings (SSSR count). The molecule has 0 saturated heterocycles. The molecule has 0 atom stereocenters. The Kier molecular flexibility index (Phi) is 3.50. The van der Waals surface area contributed by atoms with Crippen molar-refractivity contribution >= 4 is 27.4 Å². The molecule has 24 heavy (non-hydrogen) atoms. The lowest BCUT2D eigenvalue weighted by molar-refractivity contribution is 0.0697. The first-order valence-electron chi connectivity index (χ1n) is 6.58. The molecule has 1 aliphatic heterocycles. The van der Waals surface area contributed by atoms with Crippen molar-refractivity contribution in [3.63, 3.8) is 0 Å². The van der Waals surface area contributed by atoms with E-state index in [9.17, 15) is 28.5 Å². The first-order valence-corrected chi connectivity index (χ1v) is 8.07. The van der Waals surface area contributed by atoms with Gasteiger partial charge in [0.2, 0.25) is 10.0 Å². The zero-order valence-corrected chi connectivity index (χ0v) is 13.0. The van der Waals surface area contributed by atoms with E-state index in [0.717, 1.165) is 24.3 Å². The summed E-state index contributed by atoms with van der Waals surface area (Å²) in [5, 5.41) is 31.2. The van der Waals surface area contributed by atoms with Gasteiger partial charge >= 0.3 is 5.97 Å². The number of fused-ring (bicyclic) bond motifs is 2. The Morgan fingerprint density at radius 3 is 2.42 bits per heavy atom. The number of ether oxygens (including phenoxy) is 1. The number of aromatic hydroxyl groups is 2. The number of carbonyl (C=O) groups is 1. The normalized spacial score (nSPS) is 12.5. The molecule has 0 fully saturated rings. The highest BCUT2D eigenvalue weighted by Crippen LogP contribution is 2.48. The average Bonchev–Trinajstić information content (AvgIpc) is 2.53. The second-order valence-electron chi connectivity index (χ2n) is 4.92. The monoisotopic (exact) mass is 352 g/mol. The van der Waals surface area contributed by atoms with Crippen molar-refractivity contribution in [1.82, 2.24) is 4.72 Å². The van der Waals surface area contributed by atoms with Crippen molar-refractivity contribution in [3.8, 4) is 23.0 Å². The largest absolute Gasteiger partial charge is 0.504 e. The van der Waals surface area contributed by atoms with E-state index in [2.05, 4.69) is 10.0 Å². The summed E-state index contributed by atoms with van der Waals surface area (Å²) in [6, 6.07) is 4.44. The molecule has 0 radical (unpaired) electrons. The highest BCUT2D eigenvalue weighted by molar-refractivity contribution is 7.89. The topological polar surface area (TPSA) is 145 Å². The van der Waals surface area contributed by atoms with Crippen LogP contribution in [-0.2, 0) is 10.0 Å². The number of sulfonamides is 1. The van der Waals surface area contributed by atoms with Gasteiger partial charge in [0.1, 0.15) is 0 Å². The van der Waals surface area contributed by atoms with Gasteiger partial charge in [-0.15, -0.1) is 0 Å². The maximum absolute atomic E-state index is 12.0. The fraction of sp³-hybridized carbons (Fsp3) is 0.0714. The molecule has 10 heteroatoms. The van der Waals surface area contributed by atoms with Crippen LogP contribution in [-0.4, -0.2) is 36.8 Å². The predicted molar refractivity (Wildman–Crippen MR) is 82.8 cm³/mol. The molecule has 0 aliphatic carbocycles. The van der Waals surface area contributed by atoms with Crippen LogP contribution in [0.15, 0.2) is 29.2 Å². The molecule has 126 valence electrons. The highest BCUT2D eigenvalue weighted by atomic mass is 32.2. The van der Waals surface area contributed by atoms with E-state index in [-0.39, 0.29) is 33.3 Å². The van der Waals surface area contributed by atoms with E-state index in [1.807, 2.05) is 0 Å². The second kappa shape index (κ2) is 5.28. The number of hydrogen-bond donors (Lipinski definition) is 5. The van der Waals surface area contributed by atoms with Crippen molar-refractivity contribution < 1.29 is 33.3 Å². The van der Waals surface area contributed by atoms with Gasteiger partial charge in [-0.3, -0.25) is 0 Å². The van der Waals surface area contributed by atoms with Crippen LogP contribution in [0.4, 0.5) is 11.4 Å². The summed E-state index contributed by atoms with van der Waals surface area (Å²) < 4.78 is 31.5. The molecule has 0 bridgehead atoms. The van der Waals surface area contributed by atoms with Gasteiger partial charge in [0.05, 0.1) is 21.8 Å². The van der Waals surface area contributed by atoms with Gasteiger partial charge in [0, 0.05) is 18.2 Å². The fourth-order valence-corrected chi connectivity index (χ4v) is 3.01. The Labute approximate surface area is 136 Å². The summed E-state index contributed by atoms with van der Waals surface area (Å²) in [5.41, 5.74) is -0.0563. The maximum Gasteiger partial charge on any atom is 0.338 e. The molecule has 0 spiro atoms. The predicted octanol–water partition coefficient (Wildman–Crippen LogP) is 1.55. The SMILES string of the molecule is CNS(=O)(=O)c1cc2c(c(C(=O)O)c1)Nc1cc(O)c(O)cc1O2. The first-order chi connectivity index (χ1) is 11.2. The van der Waals surface area contributed by atoms with Crippen LogP contribution in [0.2, 0.25) is 0 Å². The van der Waals surface area contributed by atoms with Gasteiger partial charge in [-0.1, -0.05) is 0 Å². The summed E-state index contributed by atoms with van der Waals surface area (Å²) in [7, 11) is -2.69. The minimum atomic E-state index is -3.89. The van der Waals surface area contributed by atoms with Crippen molar-refractivity contribution in [1.29, 1.82) is 0 Å². The summed E-state index contributed by atoms with van der Waals surface area (Å²) in [6.07, 6.45) is 0. The van der Waals surface area contributed by atoms with Crippen LogP contribution in [0.5, 0.6) is 23.0 Å². The zero-order chi connectivity index (χ0) is 17.6. The average molecular weight is 352 g/mol. The van der Waals surface area contributed by atoms with E-state index in [1.165, 1.54) is 7.05 Å². The third-order valence-corrected chi connectivity index (χ3v) is 4.84. The van der Waals surface area contributed by atoms with Crippen LogP contribution in [0.25, 0.3) is 0 Å². The standard InChI is InChI=1S/C14H12N2O7S/c1-15-24(21,22)6-2-7(14(19)20)13-12(3-6)23-11-5-10(18)9(17)4-8(11)16-13/h2-5,15-18H,1H3,(H,19,20). The summed E-state index contributed by atoms with van der Waals surface area (Å²) >= 11 is 0. The molecule has 9 nitrogen and oxygen atoms in total. The van der Waals surface area contributed by atoms with Crippen LogP contribution in [0.1, 0.15) is 10.4 Å². The lowest BCUT2D eigenvalue weighted by Crippen LogP contribution is -2.20. The van der Waals surface area contributed by atoms with Crippen LogP contribution in [0, 0.1) is 0 Å². The Balaban J connectivity index is 2.21. The van der Waals surface area contributed by atoms with Gasteiger partial charge < -0.3 is 25.4 Å². The minimum Gasteiger partial charge on any atom is -0.504 e. The van der Waals surface area contributed by atoms with Crippen LogP contribution >= 0.6 is 0 Å². The lowest BCUT2D eigenvalue weighted by Gasteiger charge is -2.24. The zero-order valence-electron chi connectivity index (χ0n) is 12.2. The van der Waals surface area contributed by atoms with Gasteiger partial charge in [0.15, 0.2) is 23.0 Å². The van der Waals surface area contributed by atoms with E-state index in [0.29, 0.717) is 0 Å². The van der Waals surface area contributed by atoms with Crippen LogP contribution < -0.4 is 14.8 Å². The van der Waals surface area contributed by atoms with E-state index >= 15 is 0 Å². The molecule has 2 aromatic rings. The number of benzene rings is 2. The number of phenolic OH excluding ortho intramolecular Hbond substituents is 2. The highest BCUT2D eigenvalue weighted by Gasteiger charge is 2.27. The van der Waals surface area contributed by atoms with Crippen molar-refractivity contribution in [3.05, 3.63) is 29.8 Å². The number of carboxylic acids is 1. The molecule has 1 aliphatic rings. The van der Waals surface area contributed by atoms with Gasteiger partial charge in [-0.2, -0.15) is 0 Å². The van der Waals surface area contributed by atoms with Crippen molar-refractivity contribution in [2.45, 2.75) is 4.90 Å². The number of aromatic carboxylic acids is 1. The Hall–Kier alpha value is -2.98. The fourth-order valence-electron chi connectivity index (χ4n) is 2.23. The Bertz CT molecular complexity index is 970. The third kappa shape index (κ3) is 2.47. The number of carboxylic acid groups (broad SMARTS) is 1. The number of rotatable bonds is 3. The first kappa shape index (κ1) is 15.9. The maximum atomic E-state index is 12.0. The molecular formula is C14H12N2O7S. The number of hydrogen-bond acceptors (Lipinski definition) is 7. The van der Waals surface area contributed by atoms with E-state index < -0.39 is 27.5 Å². The number of anilines is 2. The second-order valence-corrected chi connectivity index (χ2v) is 6.81. The molecule has 1 heterocycles. The van der Waals surface area contributed by atoms with E-state index in [4.69, 9.17) is 4.74 Å². The molecule has 0 aromatic heterocycles. The summed E-state index contributed by atoms with van der Waals surface area (Å²) in [6.45, 7) is 0. The smallest absolute Gasteiger partial charge is 0.338 e. The number of nitrogens with one attached hydrogen (secondary N) is 2.